The first kappa shape index (κ1) is 25.0. The summed E-state index contributed by atoms with van der Waals surface area (Å²) in [5, 5.41) is 7.80. The van der Waals surface area contributed by atoms with E-state index in [1.54, 1.807) is 0 Å². The number of nitrogens with zero attached hydrogens (tertiary/aromatic N) is 1. The Kier molecular flexibility index (Phi) is 7.69. The number of aromatic amines is 1. The van der Waals surface area contributed by atoms with Crippen LogP contribution in [-0.4, -0.2) is 23.1 Å². The summed E-state index contributed by atoms with van der Waals surface area (Å²) in [5.41, 5.74) is 8.99. The van der Waals surface area contributed by atoms with Crippen LogP contribution < -0.4 is 10.6 Å². The molecule has 3 N–H and O–H groups in total. The van der Waals surface area contributed by atoms with E-state index in [2.05, 4.69) is 72.5 Å². The molecule has 0 bridgehead atoms. The number of benzene rings is 2. The van der Waals surface area contributed by atoms with Crippen LogP contribution in [0, 0.1) is 5.82 Å². The molecule has 0 atom stereocenters. The highest BCUT2D eigenvalue weighted by Crippen LogP contribution is 2.31. The Bertz CT molecular complexity index is 1420. The molecule has 0 aliphatic carbocycles. The van der Waals surface area contributed by atoms with E-state index in [4.69, 9.17) is 4.98 Å². The van der Waals surface area contributed by atoms with Gasteiger partial charge in [0.15, 0.2) is 0 Å². The lowest BCUT2D eigenvalue weighted by atomic mass is 10.0. The maximum atomic E-state index is 13.5. The van der Waals surface area contributed by atoms with E-state index in [0.29, 0.717) is 12.5 Å². The highest BCUT2D eigenvalue weighted by molar-refractivity contribution is 5.95. The van der Waals surface area contributed by atoms with Gasteiger partial charge in [0.1, 0.15) is 5.82 Å². The minimum absolute atomic E-state index is 0.234. The van der Waals surface area contributed by atoms with E-state index >= 15 is 0 Å². The molecule has 4 aromatic rings. The number of aromatic nitrogens is 2. The molecule has 184 valence electrons. The number of hydrogen-bond donors (Lipinski definition) is 3. The van der Waals surface area contributed by atoms with Crippen LogP contribution in [-0.2, 0) is 6.42 Å². The van der Waals surface area contributed by atoms with E-state index in [1.807, 2.05) is 44.3 Å². The molecule has 36 heavy (non-hydrogen) atoms. The van der Waals surface area contributed by atoms with E-state index in [0.717, 1.165) is 56.1 Å². The molecule has 5 heteroatoms. The molecular weight excluding hydrogens is 447 g/mol. The Morgan fingerprint density at radius 3 is 2.56 bits per heavy atom. The summed E-state index contributed by atoms with van der Waals surface area (Å²) < 4.78 is 13.5. The zero-order valence-corrected chi connectivity index (χ0v) is 21.3. The minimum atomic E-state index is -0.234. The van der Waals surface area contributed by atoms with Crippen molar-refractivity contribution < 1.29 is 4.39 Å². The Balaban J connectivity index is 1.70. The molecule has 0 saturated carbocycles. The van der Waals surface area contributed by atoms with Crippen molar-refractivity contribution in [1.29, 1.82) is 0 Å². The molecule has 2 aromatic heterocycles. The van der Waals surface area contributed by atoms with Gasteiger partial charge in [-0.1, -0.05) is 36.9 Å². The van der Waals surface area contributed by atoms with Crippen LogP contribution in [0.2, 0.25) is 0 Å². The van der Waals surface area contributed by atoms with Gasteiger partial charge in [-0.3, -0.25) is 4.98 Å². The second-order valence-electron chi connectivity index (χ2n) is 9.03. The maximum Gasteiger partial charge on any atom is 0.123 e. The van der Waals surface area contributed by atoms with Crippen molar-refractivity contribution in [3.63, 3.8) is 0 Å². The first-order valence-electron chi connectivity index (χ1n) is 12.2. The van der Waals surface area contributed by atoms with Crippen molar-refractivity contribution in [3.05, 3.63) is 114 Å². The molecule has 4 nitrogen and oxygen atoms in total. The van der Waals surface area contributed by atoms with E-state index < -0.39 is 0 Å². The summed E-state index contributed by atoms with van der Waals surface area (Å²) in [7, 11) is 1.91. The lowest BCUT2D eigenvalue weighted by Gasteiger charge is -2.13. The summed E-state index contributed by atoms with van der Waals surface area (Å²) in [6.07, 6.45) is 6.61. The zero-order valence-electron chi connectivity index (χ0n) is 21.3. The number of H-pyrrole nitrogens is 1. The van der Waals surface area contributed by atoms with Crippen LogP contribution in [0.15, 0.2) is 91.2 Å². The van der Waals surface area contributed by atoms with Gasteiger partial charge in [-0.15, -0.1) is 0 Å². The molecule has 0 fully saturated rings. The Labute approximate surface area is 212 Å². The Morgan fingerprint density at radius 1 is 1.11 bits per heavy atom. The van der Waals surface area contributed by atoms with Crippen LogP contribution in [0.25, 0.3) is 27.6 Å². The second-order valence-corrected chi connectivity index (χ2v) is 9.03. The number of allylic oxidation sites excluding steroid dienone is 4. The first-order valence-corrected chi connectivity index (χ1v) is 12.2. The quantitative estimate of drug-likeness (QED) is 0.218. The third-order valence-corrected chi connectivity index (χ3v) is 6.07. The molecule has 0 unspecified atom stereocenters. The van der Waals surface area contributed by atoms with Gasteiger partial charge in [-0.2, -0.15) is 0 Å². The molecule has 2 aromatic carbocycles. The topological polar surface area (TPSA) is 52.7 Å². The van der Waals surface area contributed by atoms with E-state index in [1.165, 1.54) is 12.1 Å². The van der Waals surface area contributed by atoms with Crippen molar-refractivity contribution in [3.8, 4) is 11.1 Å². The summed E-state index contributed by atoms with van der Waals surface area (Å²) >= 11 is 0. The predicted octanol–water partition coefficient (Wildman–Crippen LogP) is 7.47. The van der Waals surface area contributed by atoms with Crippen LogP contribution in [0.5, 0.6) is 0 Å². The van der Waals surface area contributed by atoms with Gasteiger partial charge < -0.3 is 15.6 Å². The smallest absolute Gasteiger partial charge is 0.123 e. The number of halogens is 1. The number of anilines is 1. The van der Waals surface area contributed by atoms with Crippen molar-refractivity contribution in [2.45, 2.75) is 33.2 Å². The SMILES string of the molecule is C=C/C(=C\C(=C/C)c1ccc(NC)c(Cc2cc3c(-c4ccc(F)cc4)cccc3[nH]2)n1)NC(C)C. The fraction of sp³-hybridized carbons (Fsp3) is 0.194. The monoisotopic (exact) mass is 480 g/mol. The normalized spacial score (nSPS) is 12.3. The molecule has 0 aliphatic heterocycles. The standard InChI is InChI=1S/C31H33FN4/c1-6-21(17-24(7-2)34-20(3)4)28-15-16-30(33-5)31(36-28)19-25-18-27-26(9-8-10-29(27)35-25)22-11-13-23(32)14-12-22/h6-18,20,33-35H,2,19H2,1,3-5H3/b21-6+,24-17+. The van der Waals surface area contributed by atoms with Gasteiger partial charge in [0, 0.05) is 41.8 Å². The van der Waals surface area contributed by atoms with Crippen molar-refractivity contribution >= 4 is 22.2 Å². The summed E-state index contributed by atoms with van der Waals surface area (Å²) in [5.74, 6) is -0.234. The minimum Gasteiger partial charge on any atom is -0.387 e. The number of pyridine rings is 1. The highest BCUT2D eigenvalue weighted by Gasteiger charge is 2.12. The predicted molar refractivity (Wildman–Crippen MR) is 150 cm³/mol. The summed E-state index contributed by atoms with van der Waals surface area (Å²) in [6.45, 7) is 10.2. The summed E-state index contributed by atoms with van der Waals surface area (Å²) in [4.78, 5) is 8.59. The van der Waals surface area contributed by atoms with Gasteiger partial charge in [0.05, 0.1) is 17.1 Å². The Hall–Kier alpha value is -4.12. The van der Waals surface area contributed by atoms with Crippen LogP contribution in [0.4, 0.5) is 10.1 Å². The molecule has 0 aliphatic rings. The highest BCUT2D eigenvalue weighted by atomic mass is 19.1. The molecule has 0 amide bonds. The fourth-order valence-electron chi connectivity index (χ4n) is 4.36. The number of fused-ring (bicyclic) bond motifs is 1. The van der Waals surface area contributed by atoms with Gasteiger partial charge in [-0.05, 0) is 86.0 Å². The average molecular weight is 481 g/mol. The van der Waals surface area contributed by atoms with E-state index in [-0.39, 0.29) is 5.82 Å². The largest absolute Gasteiger partial charge is 0.387 e. The maximum absolute atomic E-state index is 13.5. The van der Waals surface area contributed by atoms with Crippen molar-refractivity contribution in [1.82, 2.24) is 15.3 Å². The molecular formula is C31H33FN4. The zero-order chi connectivity index (χ0) is 25.7. The first-order chi connectivity index (χ1) is 17.4. The van der Waals surface area contributed by atoms with Gasteiger partial charge >= 0.3 is 0 Å². The van der Waals surface area contributed by atoms with Crippen molar-refractivity contribution in [2.24, 2.45) is 0 Å². The van der Waals surface area contributed by atoms with Gasteiger partial charge in [0.2, 0.25) is 0 Å². The molecule has 0 radical (unpaired) electrons. The second kappa shape index (κ2) is 11.1. The number of nitrogens with one attached hydrogen (secondary N) is 3. The van der Waals surface area contributed by atoms with Crippen LogP contribution >= 0.6 is 0 Å². The molecule has 0 spiro atoms. The fourth-order valence-corrected chi connectivity index (χ4v) is 4.36. The third-order valence-electron chi connectivity index (χ3n) is 6.07. The van der Waals surface area contributed by atoms with E-state index in [9.17, 15) is 4.39 Å². The number of rotatable bonds is 9. The van der Waals surface area contributed by atoms with Gasteiger partial charge in [0.25, 0.3) is 0 Å². The lowest BCUT2D eigenvalue weighted by molar-refractivity contribution is 0.628. The molecule has 0 saturated heterocycles. The average Bonchev–Trinajstić information content (AvgIpc) is 3.29. The number of hydrogen-bond acceptors (Lipinski definition) is 3. The molecule has 4 rings (SSSR count). The van der Waals surface area contributed by atoms with Gasteiger partial charge in [-0.25, -0.2) is 4.39 Å². The van der Waals surface area contributed by atoms with Crippen LogP contribution in [0.1, 0.15) is 37.9 Å². The summed E-state index contributed by atoms with van der Waals surface area (Å²) in [6, 6.07) is 19.4. The van der Waals surface area contributed by atoms with Crippen molar-refractivity contribution in [2.75, 3.05) is 12.4 Å². The van der Waals surface area contributed by atoms with Crippen LogP contribution in [0.3, 0.4) is 0 Å². The lowest BCUT2D eigenvalue weighted by Crippen LogP contribution is -2.20. The Morgan fingerprint density at radius 2 is 1.89 bits per heavy atom. The third kappa shape index (κ3) is 5.57. The molecule has 2 heterocycles.